The van der Waals surface area contributed by atoms with Gasteiger partial charge in [-0.15, -0.1) is 0 Å². The van der Waals surface area contributed by atoms with Crippen LogP contribution in [0.5, 0.6) is 0 Å². The van der Waals surface area contributed by atoms with Gasteiger partial charge in [0.1, 0.15) is 5.60 Å². The number of aryl methyl sites for hydroxylation is 1. The smallest absolute Gasteiger partial charge is 0.339 e. The zero-order chi connectivity index (χ0) is 29.3. The normalized spacial score (nSPS) is 23.6. The molecule has 1 aliphatic carbocycles. The van der Waals surface area contributed by atoms with Gasteiger partial charge in [0.15, 0.2) is 0 Å². The van der Waals surface area contributed by atoms with E-state index in [-0.39, 0.29) is 30.4 Å². The van der Waals surface area contributed by atoms with Crippen LogP contribution in [0.4, 0.5) is 0 Å². The highest BCUT2D eigenvalue weighted by Crippen LogP contribution is 2.49. The number of nitrogens with zero attached hydrogens (tertiary/aromatic N) is 4. The van der Waals surface area contributed by atoms with E-state index in [1.165, 1.54) is 33.1 Å². The fourth-order valence-electron chi connectivity index (χ4n) is 6.69. The van der Waals surface area contributed by atoms with Crippen molar-refractivity contribution in [3.05, 3.63) is 64.0 Å². The molecule has 0 radical (unpaired) electrons. The third-order valence-electron chi connectivity index (χ3n) is 8.44. The van der Waals surface area contributed by atoms with E-state index in [1.54, 1.807) is 12.3 Å². The van der Waals surface area contributed by atoms with Gasteiger partial charge >= 0.3 is 5.97 Å². The summed E-state index contributed by atoms with van der Waals surface area (Å²) in [7, 11) is 6.07. The molecule has 3 atom stereocenters. The first-order valence-electron chi connectivity index (χ1n) is 13.8. The van der Waals surface area contributed by atoms with E-state index in [1.807, 2.05) is 7.11 Å². The molecular weight excluding hydrogens is 590 g/mol. The minimum Gasteiger partial charge on any atom is -0.462 e. The number of hydrogen-bond acceptors (Lipinski definition) is 7. The molecule has 2 N–H and O–H groups in total. The van der Waals surface area contributed by atoms with Crippen LogP contribution in [0.3, 0.4) is 0 Å². The van der Waals surface area contributed by atoms with Crippen LogP contribution in [-0.2, 0) is 38.1 Å². The molecule has 10 nitrogen and oxygen atoms in total. The zero-order valence-corrected chi connectivity index (χ0v) is 25.2. The van der Waals surface area contributed by atoms with Crippen LogP contribution < -0.4 is 5.73 Å². The van der Waals surface area contributed by atoms with Gasteiger partial charge in [-0.25, -0.2) is 4.79 Å². The second kappa shape index (κ2) is 11.9. The van der Waals surface area contributed by atoms with Crippen LogP contribution in [0.2, 0.25) is 0 Å². The fraction of sp³-hybridized carbons (Fsp3) is 0.467. The molecule has 6 rings (SSSR count). The number of carbonyl (C=O) groups excluding carboxylic acids is 3. The number of likely N-dealkylation sites (tertiary alicyclic amines) is 2. The van der Waals surface area contributed by atoms with E-state index in [9.17, 15) is 14.4 Å². The molecule has 2 amide bonds. The Labute approximate surface area is 247 Å². The summed E-state index contributed by atoms with van der Waals surface area (Å²) in [4.78, 5) is 41.6. The van der Waals surface area contributed by atoms with Crippen molar-refractivity contribution in [3.8, 4) is 0 Å². The van der Waals surface area contributed by atoms with Gasteiger partial charge in [0.25, 0.3) is 0 Å². The number of hydrogen-bond donors (Lipinski definition) is 1. The molecule has 2 aromatic heterocycles. The van der Waals surface area contributed by atoms with E-state index >= 15 is 0 Å². The number of primary amides is 1. The van der Waals surface area contributed by atoms with Crippen molar-refractivity contribution in [2.45, 2.75) is 37.3 Å². The molecule has 3 aromatic rings. The van der Waals surface area contributed by atoms with Gasteiger partial charge in [0.05, 0.1) is 18.7 Å². The molecule has 2 fully saturated rings. The van der Waals surface area contributed by atoms with Crippen molar-refractivity contribution in [3.63, 3.8) is 0 Å². The summed E-state index contributed by atoms with van der Waals surface area (Å²) in [6, 6.07) is 8.47. The Hall–Kier alpha value is -3.28. The van der Waals surface area contributed by atoms with Gasteiger partial charge in [-0.1, -0.05) is 12.1 Å². The van der Waals surface area contributed by atoms with E-state index in [2.05, 4.69) is 68.9 Å². The lowest BCUT2D eigenvalue weighted by Gasteiger charge is -2.53. The highest BCUT2D eigenvalue weighted by atomic mass is 79.9. The number of aromatic nitrogens is 2. The summed E-state index contributed by atoms with van der Waals surface area (Å²) in [5.74, 6) is -0.569. The van der Waals surface area contributed by atoms with E-state index in [0.717, 1.165) is 30.3 Å². The number of amides is 2. The summed E-state index contributed by atoms with van der Waals surface area (Å²) in [6.07, 6.45) is 8.62. The second-order valence-corrected chi connectivity index (χ2v) is 12.1. The average Bonchev–Trinajstić information content (AvgIpc) is 3.50. The topological polar surface area (TPSA) is 120 Å². The maximum Gasteiger partial charge on any atom is 0.339 e. The first-order chi connectivity index (χ1) is 19.6. The molecule has 0 unspecified atom stereocenters. The molecule has 218 valence electrons. The molecule has 0 spiro atoms. The number of ether oxygens (including phenoxy) is 2. The summed E-state index contributed by atoms with van der Waals surface area (Å²) < 4.78 is 15.0. The molecule has 11 heteroatoms. The van der Waals surface area contributed by atoms with Crippen molar-refractivity contribution in [2.75, 3.05) is 40.4 Å². The Morgan fingerprint density at radius 2 is 2.05 bits per heavy atom. The molecule has 3 aliphatic rings. The van der Waals surface area contributed by atoms with Crippen LogP contribution >= 0.6 is 15.9 Å². The Morgan fingerprint density at radius 3 is 2.73 bits per heavy atom. The van der Waals surface area contributed by atoms with Gasteiger partial charge in [0.2, 0.25) is 11.8 Å². The number of likely N-dealkylation sites (N-methyl/N-ethyl adjacent to an activating group) is 1. The first-order valence-corrected chi connectivity index (χ1v) is 14.6. The van der Waals surface area contributed by atoms with Gasteiger partial charge in [-0.3, -0.25) is 19.5 Å². The van der Waals surface area contributed by atoms with E-state index < -0.39 is 11.5 Å². The number of piperidine rings is 1. The minimum absolute atomic E-state index is 0.0406. The highest BCUT2D eigenvalue weighted by Gasteiger charge is 2.51. The first kappa shape index (κ1) is 29.2. The summed E-state index contributed by atoms with van der Waals surface area (Å²) in [6.45, 7) is 1.98. The average molecular weight is 627 g/mol. The van der Waals surface area contributed by atoms with Gasteiger partial charge < -0.3 is 24.7 Å². The summed E-state index contributed by atoms with van der Waals surface area (Å²) in [5, 5.41) is 1.31. The quantitative estimate of drug-likeness (QED) is 0.418. The minimum atomic E-state index is -0.435. The third kappa shape index (κ3) is 5.75. The third-order valence-corrected chi connectivity index (χ3v) is 8.88. The zero-order valence-electron chi connectivity index (χ0n) is 23.6. The lowest BCUT2D eigenvalue weighted by Crippen LogP contribution is -2.59. The highest BCUT2D eigenvalue weighted by molar-refractivity contribution is 9.10. The number of carbonyl (C=O) groups is 3. The predicted octanol–water partition coefficient (Wildman–Crippen LogP) is 3.01. The van der Waals surface area contributed by atoms with Gasteiger partial charge in [-0.05, 0) is 65.5 Å². The maximum absolute atomic E-state index is 12.5. The van der Waals surface area contributed by atoms with Gasteiger partial charge in [-0.2, -0.15) is 0 Å². The number of rotatable bonds is 6. The Balaban J connectivity index is 0.000000287. The van der Waals surface area contributed by atoms with Crippen LogP contribution in [0.25, 0.3) is 10.9 Å². The molecule has 2 aliphatic heterocycles. The Morgan fingerprint density at radius 1 is 1.24 bits per heavy atom. The van der Waals surface area contributed by atoms with E-state index in [4.69, 9.17) is 15.2 Å². The molecule has 4 heterocycles. The summed E-state index contributed by atoms with van der Waals surface area (Å²) in [5.41, 5.74) is 8.80. The van der Waals surface area contributed by atoms with Crippen molar-refractivity contribution in [1.29, 1.82) is 0 Å². The van der Waals surface area contributed by atoms with Crippen LogP contribution in [-0.4, -0.2) is 83.6 Å². The van der Waals surface area contributed by atoms with Crippen LogP contribution in [0.1, 0.15) is 40.7 Å². The largest absolute Gasteiger partial charge is 0.462 e. The molecular formula is C30H36BrN5O5. The van der Waals surface area contributed by atoms with Crippen LogP contribution in [0, 0.1) is 5.92 Å². The van der Waals surface area contributed by atoms with Crippen molar-refractivity contribution in [1.82, 2.24) is 19.4 Å². The Bertz CT molecular complexity index is 1470. The van der Waals surface area contributed by atoms with Gasteiger partial charge in [0, 0.05) is 79.6 Å². The van der Waals surface area contributed by atoms with Crippen molar-refractivity contribution < 1.29 is 23.9 Å². The fourth-order valence-corrected chi connectivity index (χ4v) is 7.05. The molecule has 1 aromatic carbocycles. The number of benzene rings is 1. The molecule has 41 heavy (non-hydrogen) atoms. The second-order valence-electron chi connectivity index (χ2n) is 11.2. The number of pyridine rings is 1. The standard InChI is InChI=1S/C24H26BrN3O3.C6H10N2O2/c1-27-13-17-8-21-24(30-3,19-5-4-6-20(27)22(17)19)9-15(12-28(21)2)14-31-23(29)16-7-18(25)11-26-10-16;7-5(9)4-8-3-1-2-6(8)10/h4-7,10-11,13,15,21H,8-9,12,14H2,1-3H3;1-4H2,(H2,7,9)/t15-,21-,24+;/m1./s1. The van der Waals surface area contributed by atoms with Crippen LogP contribution in [0.15, 0.2) is 47.3 Å². The Kier molecular flexibility index (Phi) is 8.49. The maximum atomic E-state index is 12.5. The van der Waals surface area contributed by atoms with E-state index in [0.29, 0.717) is 25.1 Å². The van der Waals surface area contributed by atoms with Crippen molar-refractivity contribution in [2.24, 2.45) is 18.7 Å². The lowest BCUT2D eigenvalue weighted by molar-refractivity contribution is -0.132. The molecule has 0 bridgehead atoms. The SMILES string of the molecule is CO[C@]12C[C@@H](COC(=O)c3cncc(Br)c3)CN(C)[C@@H]1Cc1cn(C)c3cccc2c13.NC(=O)CN1CCCC1=O. The summed E-state index contributed by atoms with van der Waals surface area (Å²) >= 11 is 3.35. The number of esters is 1. The monoisotopic (exact) mass is 625 g/mol. The van der Waals surface area contributed by atoms with Crippen molar-refractivity contribution >= 4 is 44.6 Å². The molecule has 2 saturated heterocycles. The molecule has 0 saturated carbocycles. The lowest BCUT2D eigenvalue weighted by atomic mass is 9.69. The number of fused-ring (bicyclic) bond motifs is 2. The number of methoxy groups -OCH3 is 1. The number of halogens is 1. The number of nitrogens with two attached hydrogens (primary N) is 1. The predicted molar refractivity (Wildman–Crippen MR) is 157 cm³/mol.